The van der Waals surface area contributed by atoms with Crippen LogP contribution in [-0.4, -0.2) is 23.4 Å². The number of fused-ring (bicyclic) bond motifs is 1. The molecule has 5 rings (SSSR count). The Bertz CT molecular complexity index is 1270. The van der Waals surface area contributed by atoms with Gasteiger partial charge in [0.15, 0.2) is 0 Å². The first-order chi connectivity index (χ1) is 15.6. The van der Waals surface area contributed by atoms with Crippen LogP contribution in [0, 0.1) is 12.3 Å². The Morgan fingerprint density at radius 1 is 1.16 bits per heavy atom. The minimum atomic E-state index is -0.177. The lowest BCUT2D eigenvalue weighted by atomic mass is 10.2. The van der Waals surface area contributed by atoms with E-state index in [1.165, 1.54) is 0 Å². The molecule has 2 aromatic heterocycles. The molecular weight excluding hydrogens is 406 g/mol. The van der Waals surface area contributed by atoms with Crippen molar-refractivity contribution in [1.82, 2.24) is 4.98 Å². The molecule has 0 unspecified atom stereocenters. The molecule has 8 heteroatoms. The fourth-order valence-corrected chi connectivity index (χ4v) is 3.61. The van der Waals surface area contributed by atoms with Crippen molar-refractivity contribution in [3.05, 3.63) is 83.9 Å². The molecule has 0 saturated carbocycles. The summed E-state index contributed by atoms with van der Waals surface area (Å²) in [7, 11) is 0. The first kappa shape index (κ1) is 19.6. The number of hydrogen-bond donors (Lipinski definition) is 3. The third kappa shape index (κ3) is 3.74. The first-order valence-corrected chi connectivity index (χ1v) is 10.2. The van der Waals surface area contributed by atoms with Crippen molar-refractivity contribution in [3.8, 4) is 11.5 Å². The number of hydrogen-bond acceptors (Lipinski definition) is 6. The maximum Gasteiger partial charge on any atom is 0.230 e. The zero-order valence-electron chi connectivity index (χ0n) is 17.4. The van der Waals surface area contributed by atoms with Crippen LogP contribution in [-0.2, 0) is 11.2 Å². The summed E-state index contributed by atoms with van der Waals surface area (Å²) in [4.78, 5) is 18.9. The van der Waals surface area contributed by atoms with E-state index in [9.17, 15) is 4.79 Å². The van der Waals surface area contributed by atoms with Gasteiger partial charge in [0, 0.05) is 16.9 Å². The molecule has 1 aliphatic rings. The minimum absolute atomic E-state index is 0.119. The molecule has 1 aliphatic heterocycles. The third-order valence-electron chi connectivity index (χ3n) is 5.29. The van der Waals surface area contributed by atoms with Crippen molar-refractivity contribution in [1.29, 1.82) is 5.41 Å². The second-order valence-corrected chi connectivity index (χ2v) is 7.43. The summed E-state index contributed by atoms with van der Waals surface area (Å²) in [6, 6.07) is 18.7. The lowest BCUT2D eigenvalue weighted by Gasteiger charge is -2.29. The van der Waals surface area contributed by atoms with E-state index >= 15 is 0 Å². The summed E-state index contributed by atoms with van der Waals surface area (Å²) >= 11 is 0. The molecule has 0 radical (unpaired) electrons. The predicted molar refractivity (Wildman–Crippen MR) is 122 cm³/mol. The molecular formula is C24H21N5O3. The van der Waals surface area contributed by atoms with Crippen molar-refractivity contribution < 1.29 is 13.6 Å². The maximum absolute atomic E-state index is 12.6. The van der Waals surface area contributed by atoms with Gasteiger partial charge in [0.25, 0.3) is 0 Å². The van der Waals surface area contributed by atoms with Gasteiger partial charge in [0.1, 0.15) is 11.6 Å². The van der Waals surface area contributed by atoms with Gasteiger partial charge in [-0.3, -0.25) is 10.2 Å². The van der Waals surface area contributed by atoms with Gasteiger partial charge >= 0.3 is 0 Å². The molecule has 0 bridgehead atoms. The summed E-state index contributed by atoms with van der Waals surface area (Å²) in [5.41, 5.74) is 3.71. The predicted octanol–water partition coefficient (Wildman–Crippen LogP) is 4.64. The highest BCUT2D eigenvalue weighted by Crippen LogP contribution is 2.28. The molecule has 3 N–H and O–H groups in total. The lowest BCUT2D eigenvalue weighted by Crippen LogP contribution is -2.39. The number of amides is 1. The van der Waals surface area contributed by atoms with Crippen LogP contribution >= 0.6 is 0 Å². The van der Waals surface area contributed by atoms with Crippen LogP contribution in [0.4, 0.5) is 17.3 Å². The molecule has 8 nitrogen and oxygen atoms in total. The van der Waals surface area contributed by atoms with Crippen molar-refractivity contribution in [2.45, 2.75) is 13.3 Å². The number of benzene rings is 2. The second kappa shape index (κ2) is 8.07. The fraction of sp³-hybridized carbons (Fsp3) is 0.125. The van der Waals surface area contributed by atoms with E-state index in [4.69, 9.17) is 14.2 Å². The highest BCUT2D eigenvalue weighted by atomic mass is 16.4. The molecule has 3 heterocycles. The zero-order valence-corrected chi connectivity index (χ0v) is 17.4. The van der Waals surface area contributed by atoms with E-state index in [1.54, 1.807) is 12.3 Å². The average molecular weight is 427 g/mol. The Morgan fingerprint density at radius 3 is 2.72 bits per heavy atom. The Balaban J connectivity index is 1.24. The Labute approximate surface area is 184 Å². The van der Waals surface area contributed by atoms with Crippen LogP contribution in [0.5, 0.6) is 0 Å². The number of nitrogens with zero attached hydrogens (tertiary/aromatic N) is 2. The first-order valence-electron chi connectivity index (χ1n) is 10.2. The Kier molecular flexibility index (Phi) is 4.95. The quantitative estimate of drug-likeness (QED) is 0.428. The fourth-order valence-electron chi connectivity index (χ4n) is 3.61. The van der Waals surface area contributed by atoms with Crippen LogP contribution in [0.1, 0.15) is 17.0 Å². The summed E-state index contributed by atoms with van der Waals surface area (Å²) in [5, 5.41) is 14.4. The smallest absolute Gasteiger partial charge is 0.230 e. The van der Waals surface area contributed by atoms with Crippen molar-refractivity contribution in [2.75, 3.05) is 22.2 Å². The van der Waals surface area contributed by atoms with Gasteiger partial charge in [-0.25, -0.2) is 4.98 Å². The molecule has 0 atom stereocenters. The summed E-state index contributed by atoms with van der Waals surface area (Å²) in [6.45, 7) is 2.24. The van der Waals surface area contributed by atoms with Crippen molar-refractivity contribution in [2.24, 2.45) is 0 Å². The van der Waals surface area contributed by atoms with Crippen LogP contribution in [0.15, 0.2) is 75.8 Å². The van der Waals surface area contributed by atoms with E-state index in [2.05, 4.69) is 15.6 Å². The van der Waals surface area contributed by atoms with Gasteiger partial charge < -0.3 is 24.4 Å². The maximum atomic E-state index is 12.6. The molecule has 0 aliphatic carbocycles. The van der Waals surface area contributed by atoms with E-state index in [0.717, 1.165) is 11.3 Å². The number of oxazole rings is 1. The van der Waals surface area contributed by atoms with Crippen LogP contribution in [0.3, 0.4) is 0 Å². The molecule has 2 aromatic carbocycles. The topological polar surface area (TPSA) is 107 Å². The largest absolute Gasteiger partial charge is 0.448 e. The van der Waals surface area contributed by atoms with Crippen LogP contribution < -0.4 is 15.5 Å². The summed E-state index contributed by atoms with van der Waals surface area (Å²) in [5.74, 6) is 1.93. The highest BCUT2D eigenvalue weighted by molar-refractivity contribution is 6.12. The summed E-state index contributed by atoms with van der Waals surface area (Å²) < 4.78 is 11.1. The number of aromatic nitrogens is 1. The number of amidine groups is 1. The van der Waals surface area contributed by atoms with Crippen LogP contribution in [0.25, 0.3) is 11.5 Å². The molecule has 0 spiro atoms. The molecule has 32 heavy (non-hydrogen) atoms. The number of aryl methyl sites for hydroxylation is 1. The number of anilines is 3. The summed E-state index contributed by atoms with van der Waals surface area (Å²) in [6.07, 6.45) is 1.68. The van der Waals surface area contributed by atoms with Gasteiger partial charge in [-0.1, -0.05) is 18.2 Å². The van der Waals surface area contributed by atoms with Gasteiger partial charge in [0.05, 0.1) is 30.6 Å². The lowest BCUT2D eigenvalue weighted by molar-refractivity contribution is -0.115. The van der Waals surface area contributed by atoms with E-state index in [-0.39, 0.29) is 12.3 Å². The molecule has 4 aromatic rings. The van der Waals surface area contributed by atoms with Gasteiger partial charge in [-0.05, 0) is 49.4 Å². The van der Waals surface area contributed by atoms with Crippen LogP contribution in [0.2, 0.25) is 0 Å². The number of nitrogens with one attached hydrogen (secondary N) is 3. The molecule has 160 valence electrons. The third-order valence-corrected chi connectivity index (χ3v) is 5.29. The number of furan rings is 1. The standard InChI is InChI=1S/C24H21N5O3/c1-15-20(28-23(32-15)16-5-3-2-4-6-16)13-21(30)27-17-7-9-18(10-8-17)29-14-26-24-19(22(29)25)11-12-31-24/h2-12,25-26H,13-14H2,1H3,(H,27,30). The van der Waals surface area contributed by atoms with Gasteiger partial charge in [0.2, 0.25) is 17.7 Å². The number of rotatable bonds is 5. The van der Waals surface area contributed by atoms with E-state index in [1.807, 2.05) is 66.4 Å². The van der Waals surface area contributed by atoms with Crippen molar-refractivity contribution in [3.63, 3.8) is 0 Å². The SMILES string of the molecule is Cc1oc(-c2ccccc2)nc1CC(=O)Nc1ccc(N2CNc3occc3C2=N)cc1. The molecule has 1 amide bonds. The zero-order chi connectivity index (χ0) is 22.1. The van der Waals surface area contributed by atoms with Gasteiger partial charge in [-0.15, -0.1) is 0 Å². The normalized spacial score (nSPS) is 12.9. The average Bonchev–Trinajstić information content (AvgIpc) is 3.43. The highest BCUT2D eigenvalue weighted by Gasteiger charge is 2.24. The van der Waals surface area contributed by atoms with Crippen molar-refractivity contribution >= 4 is 29.0 Å². The van der Waals surface area contributed by atoms with Gasteiger partial charge in [-0.2, -0.15) is 0 Å². The monoisotopic (exact) mass is 427 g/mol. The Hall–Kier alpha value is -4.33. The minimum Gasteiger partial charge on any atom is -0.448 e. The Morgan fingerprint density at radius 2 is 1.94 bits per heavy atom. The molecule has 0 saturated heterocycles. The molecule has 0 fully saturated rings. The van der Waals surface area contributed by atoms with E-state index < -0.39 is 0 Å². The number of carbonyl (C=O) groups excluding carboxylic acids is 1. The van der Waals surface area contributed by atoms with E-state index in [0.29, 0.717) is 47.0 Å². The second-order valence-electron chi connectivity index (χ2n) is 7.43. The number of carbonyl (C=O) groups is 1.